The molecule has 0 bridgehead atoms. The standard InChI is InChI=1S/C17H23NO3S/c1-4-11-6-12-15(7-14(11)20-5-2)21-8-13(16(12)19)17-18-10(3)9-22-17/h8-9,11-12,14-15H,4-7H2,1-3H3. The summed E-state index contributed by atoms with van der Waals surface area (Å²) >= 11 is 1.51. The minimum atomic E-state index is -0.0501. The number of ketones is 1. The van der Waals surface area contributed by atoms with E-state index >= 15 is 0 Å². The van der Waals surface area contributed by atoms with Crippen molar-refractivity contribution in [3.8, 4) is 0 Å². The number of nitrogens with zero attached hydrogens (tertiary/aromatic N) is 1. The molecule has 5 heteroatoms. The Morgan fingerprint density at radius 1 is 1.41 bits per heavy atom. The summed E-state index contributed by atoms with van der Waals surface area (Å²) in [7, 11) is 0. The number of carbonyl (C=O) groups excluding carboxylic acids is 1. The zero-order valence-electron chi connectivity index (χ0n) is 13.4. The Labute approximate surface area is 135 Å². The molecule has 2 aliphatic rings. The first-order chi connectivity index (χ1) is 10.6. The number of aryl methyl sites for hydroxylation is 1. The normalized spacial score (nSPS) is 31.4. The summed E-state index contributed by atoms with van der Waals surface area (Å²) in [4.78, 5) is 17.3. The molecule has 1 aliphatic heterocycles. The molecule has 0 amide bonds. The quantitative estimate of drug-likeness (QED) is 0.850. The summed E-state index contributed by atoms with van der Waals surface area (Å²) in [6, 6.07) is 0. The van der Waals surface area contributed by atoms with E-state index in [1.807, 2.05) is 19.2 Å². The Morgan fingerprint density at radius 3 is 2.86 bits per heavy atom. The third-order valence-electron chi connectivity index (χ3n) is 4.71. The van der Waals surface area contributed by atoms with Crippen LogP contribution in [0.15, 0.2) is 11.6 Å². The second-order valence-corrected chi connectivity index (χ2v) is 6.96. The molecule has 1 aromatic rings. The van der Waals surface area contributed by atoms with Crippen LogP contribution in [-0.4, -0.2) is 29.6 Å². The topological polar surface area (TPSA) is 48.4 Å². The highest BCUT2D eigenvalue weighted by Gasteiger charge is 2.44. The molecule has 2 heterocycles. The summed E-state index contributed by atoms with van der Waals surface area (Å²) in [6.07, 6.45) is 4.49. The Kier molecular flexibility index (Phi) is 4.64. The molecule has 0 radical (unpaired) electrons. The smallest absolute Gasteiger partial charge is 0.175 e. The Bertz CT molecular complexity index is 580. The van der Waals surface area contributed by atoms with Gasteiger partial charge in [0, 0.05) is 24.1 Å². The predicted molar refractivity (Wildman–Crippen MR) is 86.6 cm³/mol. The number of ether oxygens (including phenoxy) is 2. The van der Waals surface area contributed by atoms with Crippen molar-refractivity contribution in [3.05, 3.63) is 22.3 Å². The van der Waals surface area contributed by atoms with Crippen molar-refractivity contribution in [2.24, 2.45) is 11.8 Å². The number of hydrogen-bond donors (Lipinski definition) is 0. The first kappa shape index (κ1) is 15.7. The highest BCUT2D eigenvalue weighted by Crippen LogP contribution is 2.41. The fraction of sp³-hybridized carbons (Fsp3) is 0.647. The Morgan fingerprint density at radius 2 is 2.23 bits per heavy atom. The zero-order valence-corrected chi connectivity index (χ0v) is 14.2. The maximum atomic E-state index is 12.9. The SMILES string of the molecule is CCOC1CC2OC=C(c3nc(C)cs3)C(=O)C2CC1CC. The van der Waals surface area contributed by atoms with Gasteiger partial charge in [0.2, 0.25) is 0 Å². The second-order valence-electron chi connectivity index (χ2n) is 6.10. The summed E-state index contributed by atoms with van der Waals surface area (Å²) in [5.41, 5.74) is 1.59. The lowest BCUT2D eigenvalue weighted by molar-refractivity contribution is -0.132. The van der Waals surface area contributed by atoms with Gasteiger partial charge in [-0.15, -0.1) is 11.3 Å². The van der Waals surface area contributed by atoms with Crippen LogP contribution in [0.5, 0.6) is 0 Å². The van der Waals surface area contributed by atoms with Crippen molar-refractivity contribution < 1.29 is 14.3 Å². The van der Waals surface area contributed by atoms with Crippen LogP contribution < -0.4 is 0 Å². The average Bonchev–Trinajstić information content (AvgIpc) is 2.94. The lowest BCUT2D eigenvalue weighted by Crippen LogP contribution is -2.45. The molecule has 0 spiro atoms. The lowest BCUT2D eigenvalue weighted by Gasteiger charge is -2.41. The molecular weight excluding hydrogens is 298 g/mol. The molecule has 1 aromatic heterocycles. The third-order valence-corrected chi connectivity index (χ3v) is 5.71. The first-order valence-corrected chi connectivity index (χ1v) is 8.95. The molecule has 1 aliphatic carbocycles. The van der Waals surface area contributed by atoms with Crippen LogP contribution in [0.2, 0.25) is 0 Å². The van der Waals surface area contributed by atoms with Gasteiger partial charge in [-0.3, -0.25) is 4.79 Å². The van der Waals surface area contributed by atoms with Gasteiger partial charge in [0.05, 0.1) is 23.9 Å². The van der Waals surface area contributed by atoms with Crippen LogP contribution in [0.25, 0.3) is 5.57 Å². The van der Waals surface area contributed by atoms with Gasteiger partial charge in [0.15, 0.2) is 5.78 Å². The van der Waals surface area contributed by atoms with Crippen LogP contribution in [-0.2, 0) is 14.3 Å². The number of thiazole rings is 1. The van der Waals surface area contributed by atoms with Crippen molar-refractivity contribution in [2.45, 2.75) is 52.2 Å². The fourth-order valence-corrected chi connectivity index (χ4v) is 4.34. The second kappa shape index (κ2) is 6.50. The van der Waals surface area contributed by atoms with E-state index < -0.39 is 0 Å². The van der Waals surface area contributed by atoms with E-state index in [4.69, 9.17) is 9.47 Å². The predicted octanol–water partition coefficient (Wildman–Crippen LogP) is 3.60. The van der Waals surface area contributed by atoms with Gasteiger partial charge in [0.1, 0.15) is 11.1 Å². The minimum Gasteiger partial charge on any atom is -0.496 e. The number of carbonyl (C=O) groups is 1. The van der Waals surface area contributed by atoms with Gasteiger partial charge in [0.25, 0.3) is 0 Å². The van der Waals surface area contributed by atoms with Crippen molar-refractivity contribution in [1.82, 2.24) is 4.98 Å². The third kappa shape index (κ3) is 2.84. The molecule has 120 valence electrons. The Balaban J connectivity index is 1.81. The molecular formula is C17H23NO3S. The minimum absolute atomic E-state index is 0.0448. The van der Waals surface area contributed by atoms with Gasteiger partial charge in [-0.05, 0) is 26.2 Å². The van der Waals surface area contributed by atoms with E-state index in [0.717, 1.165) is 30.0 Å². The monoisotopic (exact) mass is 321 g/mol. The molecule has 3 rings (SSSR count). The number of fused-ring (bicyclic) bond motifs is 1. The van der Waals surface area contributed by atoms with Crippen molar-refractivity contribution >= 4 is 22.7 Å². The van der Waals surface area contributed by atoms with Crippen molar-refractivity contribution in [1.29, 1.82) is 0 Å². The highest BCUT2D eigenvalue weighted by atomic mass is 32.1. The maximum absolute atomic E-state index is 12.9. The summed E-state index contributed by atoms with van der Waals surface area (Å²) in [5.74, 6) is 0.580. The van der Waals surface area contributed by atoms with Gasteiger partial charge in [-0.25, -0.2) is 4.98 Å². The van der Waals surface area contributed by atoms with Crippen LogP contribution in [0.3, 0.4) is 0 Å². The van der Waals surface area contributed by atoms with E-state index in [0.29, 0.717) is 18.1 Å². The molecule has 22 heavy (non-hydrogen) atoms. The molecule has 1 saturated carbocycles. The van der Waals surface area contributed by atoms with Gasteiger partial charge in [-0.1, -0.05) is 13.3 Å². The number of rotatable bonds is 4. The summed E-state index contributed by atoms with van der Waals surface area (Å²) in [6.45, 7) is 6.85. The molecule has 1 fully saturated rings. The van der Waals surface area contributed by atoms with Gasteiger partial charge < -0.3 is 9.47 Å². The zero-order chi connectivity index (χ0) is 15.7. The summed E-state index contributed by atoms with van der Waals surface area (Å²) in [5, 5.41) is 2.75. The van der Waals surface area contributed by atoms with E-state index in [2.05, 4.69) is 11.9 Å². The van der Waals surface area contributed by atoms with E-state index in [-0.39, 0.29) is 23.9 Å². The van der Waals surface area contributed by atoms with E-state index in [9.17, 15) is 4.79 Å². The highest BCUT2D eigenvalue weighted by molar-refractivity contribution is 7.11. The molecule has 0 N–H and O–H groups in total. The molecule has 0 aromatic carbocycles. The average molecular weight is 321 g/mol. The number of hydrogen-bond acceptors (Lipinski definition) is 5. The number of Topliss-reactive ketones (excluding diaryl/α,β-unsaturated/α-hetero) is 1. The van der Waals surface area contributed by atoms with Crippen molar-refractivity contribution in [3.63, 3.8) is 0 Å². The lowest BCUT2D eigenvalue weighted by atomic mass is 9.72. The van der Waals surface area contributed by atoms with Gasteiger partial charge in [-0.2, -0.15) is 0 Å². The number of allylic oxidation sites excluding steroid dienone is 1. The maximum Gasteiger partial charge on any atom is 0.175 e. The van der Waals surface area contributed by atoms with Crippen LogP contribution in [0.1, 0.15) is 43.8 Å². The Hall–Kier alpha value is -1.20. The molecule has 4 nitrogen and oxygen atoms in total. The van der Waals surface area contributed by atoms with Crippen molar-refractivity contribution in [2.75, 3.05) is 6.61 Å². The molecule has 4 atom stereocenters. The molecule has 0 saturated heterocycles. The van der Waals surface area contributed by atoms with E-state index in [1.165, 1.54) is 11.3 Å². The van der Waals surface area contributed by atoms with Crippen LogP contribution >= 0.6 is 11.3 Å². The fourth-order valence-electron chi connectivity index (χ4n) is 3.54. The van der Waals surface area contributed by atoms with Gasteiger partial charge >= 0.3 is 0 Å². The van der Waals surface area contributed by atoms with E-state index in [1.54, 1.807) is 6.26 Å². The number of aromatic nitrogens is 1. The molecule has 4 unspecified atom stereocenters. The largest absolute Gasteiger partial charge is 0.496 e. The summed E-state index contributed by atoms with van der Waals surface area (Å²) < 4.78 is 11.8. The van der Waals surface area contributed by atoms with Crippen LogP contribution in [0.4, 0.5) is 0 Å². The first-order valence-electron chi connectivity index (χ1n) is 8.08. The van der Waals surface area contributed by atoms with Crippen LogP contribution in [0, 0.1) is 18.8 Å².